The van der Waals surface area contributed by atoms with Gasteiger partial charge in [0.05, 0.1) is 28.3 Å². The number of para-hydroxylation sites is 1. The van der Waals surface area contributed by atoms with Crippen molar-refractivity contribution in [3.05, 3.63) is 114 Å². The Morgan fingerprint density at radius 2 is 0.897 bits per heavy atom. The van der Waals surface area contributed by atoms with Crippen molar-refractivity contribution in [3.8, 4) is 0 Å². The first kappa shape index (κ1) is 32.8. The van der Waals surface area contributed by atoms with E-state index in [2.05, 4.69) is 67.4 Å². The predicted octanol–water partition coefficient (Wildman–Crippen LogP) is -5.47. The van der Waals surface area contributed by atoms with Gasteiger partial charge in [0.25, 0.3) is 0 Å². The Kier molecular flexibility index (Phi) is 12.3. The Balaban J connectivity index is 0.000000438. The van der Waals surface area contributed by atoms with Crippen molar-refractivity contribution in [1.29, 1.82) is 0 Å². The van der Waals surface area contributed by atoms with Crippen LogP contribution in [0.25, 0.3) is 57.3 Å². The molecule has 0 aliphatic carbocycles. The van der Waals surface area contributed by atoms with Gasteiger partial charge in [0, 0.05) is 33.6 Å². The van der Waals surface area contributed by atoms with E-state index in [-0.39, 0.29) is 42.7 Å². The maximum Gasteiger partial charge on any atom is 4.00 e. The molecule has 4 aromatic heterocycles. The summed E-state index contributed by atoms with van der Waals surface area (Å²) in [6.45, 7) is 0. The van der Waals surface area contributed by atoms with Gasteiger partial charge in [0.1, 0.15) is 0 Å². The zero-order valence-electron chi connectivity index (χ0n) is 20.3. The third-order valence-electron chi connectivity index (χ3n) is 5.55. The molecule has 0 unspecified atom stereocenters. The summed E-state index contributed by atoms with van der Waals surface area (Å²) in [5.41, 5.74) is 8.92. The van der Waals surface area contributed by atoms with Crippen molar-refractivity contribution in [2.75, 3.05) is 0 Å². The SMILES string of the molecule is C1=Cc2cc3ccc(cc4ccc(cc5nc(cc1n2)C=C5)[nH]4)[nH]3.[F-].[F-].[F-].[F-].[Sn+4].c1ccc2ncccc2c1. The summed E-state index contributed by atoms with van der Waals surface area (Å²) in [5.74, 6) is 0. The molecule has 0 fully saturated rings. The van der Waals surface area contributed by atoms with E-state index in [0.717, 1.165) is 50.4 Å². The van der Waals surface area contributed by atoms with Crippen molar-refractivity contribution < 1.29 is 18.8 Å². The minimum absolute atomic E-state index is 0. The van der Waals surface area contributed by atoms with Crippen LogP contribution < -0.4 is 18.8 Å². The molecule has 6 heterocycles. The van der Waals surface area contributed by atoms with E-state index in [1.165, 1.54) is 5.39 Å². The molecule has 0 amide bonds. The fraction of sp³-hybridized carbons (Fsp3) is 0. The Bertz CT molecular complexity index is 1590. The monoisotopic (exact) mass is 635 g/mol. The number of aromatic nitrogens is 5. The minimum atomic E-state index is 0. The van der Waals surface area contributed by atoms with Crippen molar-refractivity contribution in [3.63, 3.8) is 0 Å². The number of benzene rings is 1. The molecule has 0 spiro atoms. The van der Waals surface area contributed by atoms with E-state index in [9.17, 15) is 0 Å². The van der Waals surface area contributed by atoms with Gasteiger partial charge in [-0.3, -0.25) is 4.98 Å². The summed E-state index contributed by atoms with van der Waals surface area (Å²) in [7, 11) is 0. The number of nitrogens with one attached hydrogen (secondary N) is 2. The molecule has 8 bridgehead atoms. The third-order valence-corrected chi connectivity index (χ3v) is 5.55. The van der Waals surface area contributed by atoms with Crippen LogP contribution in [-0.4, -0.2) is 48.8 Å². The van der Waals surface area contributed by atoms with Gasteiger partial charge in [-0.1, -0.05) is 24.3 Å². The smallest absolute Gasteiger partial charge is 1.00 e. The first-order chi connectivity index (χ1) is 16.8. The molecule has 194 valence electrons. The van der Waals surface area contributed by atoms with Crippen LogP contribution in [0.2, 0.25) is 0 Å². The van der Waals surface area contributed by atoms with Gasteiger partial charge < -0.3 is 28.8 Å². The number of fused-ring (bicyclic) bond motifs is 9. The van der Waals surface area contributed by atoms with E-state index < -0.39 is 0 Å². The third kappa shape index (κ3) is 7.87. The van der Waals surface area contributed by atoms with E-state index in [1.54, 1.807) is 0 Å². The van der Waals surface area contributed by atoms with Crippen LogP contribution in [0.3, 0.4) is 0 Å². The van der Waals surface area contributed by atoms with Crippen molar-refractivity contribution in [2.24, 2.45) is 0 Å². The first-order valence-corrected chi connectivity index (χ1v) is 11.1. The van der Waals surface area contributed by atoms with Crippen LogP contribution in [0, 0.1) is 0 Å². The molecule has 0 atom stereocenters. The molecule has 2 aliphatic heterocycles. The predicted molar refractivity (Wildman–Crippen MR) is 146 cm³/mol. The second-order valence-corrected chi connectivity index (χ2v) is 8.10. The quantitative estimate of drug-likeness (QED) is 0.129. The summed E-state index contributed by atoms with van der Waals surface area (Å²) in [4.78, 5) is 20.2. The Hall–Kier alpha value is -4.25. The van der Waals surface area contributed by atoms with Gasteiger partial charge in [0.15, 0.2) is 0 Å². The summed E-state index contributed by atoms with van der Waals surface area (Å²) in [5, 5.41) is 1.20. The Morgan fingerprint density at radius 1 is 0.462 bits per heavy atom. The topological polar surface area (TPSA) is 70.2 Å². The number of rotatable bonds is 0. The maximum absolute atomic E-state index is 4.62. The number of hydrogen-bond donors (Lipinski definition) is 2. The maximum atomic E-state index is 4.62. The molecule has 2 aliphatic rings. The van der Waals surface area contributed by atoms with Gasteiger partial charge in [-0.05, 0) is 85.0 Å². The number of hydrogen-bond acceptors (Lipinski definition) is 3. The normalized spacial score (nSPS) is 10.4. The number of nitrogens with zero attached hydrogens (tertiary/aromatic N) is 3. The van der Waals surface area contributed by atoms with E-state index >= 15 is 0 Å². The molecular weight excluding hydrogens is 613 g/mol. The zero-order valence-corrected chi connectivity index (χ0v) is 23.2. The van der Waals surface area contributed by atoms with Crippen molar-refractivity contribution in [2.45, 2.75) is 0 Å². The van der Waals surface area contributed by atoms with Crippen molar-refractivity contribution >= 4 is 81.2 Å². The number of aromatic amines is 2. The fourth-order valence-electron chi connectivity index (χ4n) is 3.96. The van der Waals surface area contributed by atoms with Gasteiger partial charge >= 0.3 is 23.9 Å². The van der Waals surface area contributed by atoms with E-state index in [0.29, 0.717) is 0 Å². The molecule has 10 heteroatoms. The fourth-order valence-corrected chi connectivity index (χ4v) is 3.96. The van der Waals surface area contributed by atoms with Gasteiger partial charge in [-0.25, -0.2) is 9.97 Å². The second-order valence-electron chi connectivity index (χ2n) is 8.10. The van der Waals surface area contributed by atoms with Crippen LogP contribution in [0.15, 0.2) is 91.1 Å². The average molecular weight is 634 g/mol. The van der Waals surface area contributed by atoms with Crippen LogP contribution in [0.1, 0.15) is 22.8 Å². The van der Waals surface area contributed by atoms with Crippen LogP contribution in [-0.2, 0) is 0 Å². The van der Waals surface area contributed by atoms with Gasteiger partial charge in [-0.15, -0.1) is 0 Å². The first-order valence-electron chi connectivity index (χ1n) is 11.1. The van der Waals surface area contributed by atoms with Crippen LogP contribution >= 0.6 is 0 Å². The van der Waals surface area contributed by atoms with Gasteiger partial charge in [0.2, 0.25) is 0 Å². The molecule has 0 radical (unpaired) electrons. The molecule has 5 aromatic rings. The molecule has 2 N–H and O–H groups in total. The largest absolute Gasteiger partial charge is 4.00 e. The van der Waals surface area contributed by atoms with Crippen LogP contribution in [0.4, 0.5) is 0 Å². The van der Waals surface area contributed by atoms with E-state index in [4.69, 9.17) is 0 Å². The standard InChI is InChI=1S/C20H14N4.C9H7N.4FH.Sn/c1-2-14-10-16-5-6-18(23-16)12-20-8-7-19(24-20)11-17-4-3-15(22-17)9-13(1)21-14;1-2-6-9-8(4-1)5-3-7-10-9;;;;;/h1-12,21-22H;1-7H;4*1H;/q;;;;;;+4/p-4. The molecular formula is C29H21F4N5Sn. The minimum Gasteiger partial charge on any atom is -1.00 e. The average Bonchev–Trinajstić information content (AvgIpc) is 3.66. The molecule has 1 aromatic carbocycles. The Labute approximate surface area is 238 Å². The number of halogens is 4. The second kappa shape index (κ2) is 14.6. The summed E-state index contributed by atoms with van der Waals surface area (Å²) in [6, 6.07) is 28.5. The molecule has 7 rings (SSSR count). The number of pyridine rings is 1. The molecule has 5 nitrogen and oxygen atoms in total. The zero-order chi connectivity index (χ0) is 22.7. The number of H-pyrrole nitrogens is 2. The van der Waals surface area contributed by atoms with E-state index in [1.807, 2.05) is 73.0 Å². The van der Waals surface area contributed by atoms with Crippen LogP contribution in [0.5, 0.6) is 0 Å². The summed E-state index contributed by atoms with van der Waals surface area (Å²) in [6.07, 6.45) is 9.86. The molecule has 39 heavy (non-hydrogen) atoms. The van der Waals surface area contributed by atoms with Crippen molar-refractivity contribution in [1.82, 2.24) is 24.9 Å². The Morgan fingerprint density at radius 3 is 1.41 bits per heavy atom. The summed E-state index contributed by atoms with van der Waals surface area (Å²) >= 11 is 0. The molecule has 0 saturated carbocycles. The summed E-state index contributed by atoms with van der Waals surface area (Å²) < 4.78 is 0. The van der Waals surface area contributed by atoms with Gasteiger partial charge in [-0.2, -0.15) is 0 Å². The molecule has 0 saturated heterocycles.